The van der Waals surface area contributed by atoms with E-state index in [0.29, 0.717) is 34.5 Å². The maximum atomic E-state index is 12.6. The number of hydrogen-bond acceptors (Lipinski definition) is 11. The molecule has 0 saturated carbocycles. The van der Waals surface area contributed by atoms with Gasteiger partial charge in [0.05, 0.1) is 11.9 Å². The highest BCUT2D eigenvalue weighted by Crippen LogP contribution is 2.32. The molecule has 0 aliphatic carbocycles. The largest absolute Gasteiger partial charge is 0.459 e. The summed E-state index contributed by atoms with van der Waals surface area (Å²) in [5.74, 6) is -0.536. The molecule has 1 aliphatic rings. The number of ether oxygens (including phenoxy) is 2. The highest BCUT2D eigenvalue weighted by atomic mass is 16.6. The minimum atomic E-state index is -1.35. The molecular weight excluding hydrogens is 458 g/mol. The van der Waals surface area contributed by atoms with Gasteiger partial charge in [-0.1, -0.05) is 6.07 Å². The van der Waals surface area contributed by atoms with Crippen molar-refractivity contribution in [2.75, 3.05) is 12.3 Å². The lowest BCUT2D eigenvalue weighted by atomic mass is 10.0. The van der Waals surface area contributed by atoms with Gasteiger partial charge in [-0.3, -0.25) is 14.2 Å². The van der Waals surface area contributed by atoms with E-state index in [1.165, 1.54) is 35.4 Å². The van der Waals surface area contributed by atoms with Gasteiger partial charge in [-0.25, -0.2) is 19.7 Å². The molecule has 2 aromatic heterocycles. The van der Waals surface area contributed by atoms with Crippen molar-refractivity contribution in [3.05, 3.63) is 59.7 Å². The van der Waals surface area contributed by atoms with Crippen molar-refractivity contribution in [2.24, 2.45) is 0 Å². The number of anilines is 1. The number of nitrogens with two attached hydrogens (primary N) is 1. The van der Waals surface area contributed by atoms with Crippen LogP contribution in [0.3, 0.4) is 0 Å². The van der Waals surface area contributed by atoms with Crippen LogP contribution < -0.4 is 5.73 Å². The number of fused-ring (bicyclic) bond motifs is 2. The van der Waals surface area contributed by atoms with Gasteiger partial charge in [0.25, 0.3) is 0 Å². The fraction of sp³-hybridized carbons (Fsp3) is 0.217. The van der Waals surface area contributed by atoms with Crippen molar-refractivity contribution in [3.8, 4) is 0 Å². The van der Waals surface area contributed by atoms with Crippen molar-refractivity contribution in [3.63, 3.8) is 0 Å². The number of benzene rings is 2. The van der Waals surface area contributed by atoms with Gasteiger partial charge in [0.15, 0.2) is 30.3 Å². The van der Waals surface area contributed by atoms with Crippen molar-refractivity contribution in [1.29, 1.82) is 0 Å². The number of imidazole rings is 1. The molecule has 0 unspecified atom stereocenters. The fourth-order valence-electron chi connectivity index (χ4n) is 4.06. The standard InChI is InChI=1S/C23H19N5O7/c24-20-17-21(26-9-25-20)28(10-27-17)22-19(32)18(31)16(35-22)8-34-23(33)12-2-1-11-3-14(6-29)15(7-30)5-13(11)4-12/h1-7,9-10,16,18-19,22,31-32H,8H2,(H2,24,25,26)/t16-,18-,19-,22-/m1/s1. The molecule has 1 fully saturated rings. The van der Waals surface area contributed by atoms with Crippen molar-refractivity contribution < 1.29 is 34.1 Å². The first-order chi connectivity index (χ1) is 16.9. The Morgan fingerprint density at radius 1 is 1.06 bits per heavy atom. The Kier molecular flexibility index (Phi) is 5.68. The van der Waals surface area contributed by atoms with E-state index >= 15 is 0 Å². The molecule has 35 heavy (non-hydrogen) atoms. The molecule has 0 spiro atoms. The number of nitrogens with zero attached hydrogens (tertiary/aromatic N) is 4. The quantitative estimate of drug-likeness (QED) is 0.262. The van der Waals surface area contributed by atoms with Crippen LogP contribution in [0.15, 0.2) is 43.0 Å². The van der Waals surface area contributed by atoms with Crippen molar-refractivity contribution in [1.82, 2.24) is 19.5 Å². The molecule has 178 valence electrons. The topological polar surface area (TPSA) is 180 Å². The molecule has 4 atom stereocenters. The fourth-order valence-corrected chi connectivity index (χ4v) is 4.06. The van der Waals surface area contributed by atoms with Crippen LogP contribution in [0.25, 0.3) is 21.9 Å². The van der Waals surface area contributed by atoms with Crippen molar-refractivity contribution >= 4 is 46.3 Å². The van der Waals surface area contributed by atoms with Gasteiger partial charge in [0, 0.05) is 11.1 Å². The third-order valence-electron chi connectivity index (χ3n) is 5.91. The molecule has 0 amide bonds. The van der Waals surface area contributed by atoms with Crippen LogP contribution in [0.2, 0.25) is 0 Å². The summed E-state index contributed by atoms with van der Waals surface area (Å²) in [7, 11) is 0. The molecule has 1 aliphatic heterocycles. The number of nitrogen functional groups attached to an aromatic ring is 1. The van der Waals surface area contributed by atoms with Gasteiger partial charge in [-0.05, 0) is 35.0 Å². The lowest BCUT2D eigenvalue weighted by Gasteiger charge is -2.16. The smallest absolute Gasteiger partial charge is 0.338 e. The Morgan fingerprint density at radius 2 is 1.80 bits per heavy atom. The van der Waals surface area contributed by atoms with Crippen LogP contribution in [0.1, 0.15) is 37.3 Å². The van der Waals surface area contributed by atoms with Gasteiger partial charge in [0.2, 0.25) is 0 Å². The first-order valence-electron chi connectivity index (χ1n) is 10.5. The van der Waals surface area contributed by atoms with E-state index in [2.05, 4.69) is 15.0 Å². The molecule has 2 aromatic carbocycles. The molecule has 0 radical (unpaired) electrons. The van der Waals surface area contributed by atoms with Gasteiger partial charge in [-0.15, -0.1) is 0 Å². The second-order valence-corrected chi connectivity index (χ2v) is 8.01. The predicted molar refractivity (Wildman–Crippen MR) is 121 cm³/mol. The average molecular weight is 477 g/mol. The summed E-state index contributed by atoms with van der Waals surface area (Å²) < 4.78 is 12.5. The first-order valence-corrected chi connectivity index (χ1v) is 10.5. The molecular formula is C23H19N5O7. The van der Waals surface area contributed by atoms with Crippen LogP contribution in [0, 0.1) is 0 Å². The molecule has 4 aromatic rings. The van der Waals surface area contributed by atoms with E-state index in [9.17, 15) is 24.6 Å². The molecule has 1 saturated heterocycles. The van der Waals surface area contributed by atoms with E-state index in [1.54, 1.807) is 12.1 Å². The number of aliphatic hydroxyl groups excluding tert-OH is 2. The SMILES string of the molecule is Nc1ncnc2c1ncn2[C@@H]1O[C@H](COC(=O)c2ccc3cc(C=O)c(C=O)cc3c2)[C@@H](O)[C@H]1O. The third-order valence-corrected chi connectivity index (χ3v) is 5.91. The first kappa shape index (κ1) is 22.5. The molecule has 12 heteroatoms. The Bertz CT molecular complexity index is 1470. The summed E-state index contributed by atoms with van der Waals surface area (Å²) in [6, 6.07) is 7.75. The Balaban J connectivity index is 1.31. The summed E-state index contributed by atoms with van der Waals surface area (Å²) in [5.41, 5.74) is 7.09. The lowest BCUT2D eigenvalue weighted by molar-refractivity contribution is -0.0565. The maximum Gasteiger partial charge on any atom is 0.338 e. The summed E-state index contributed by atoms with van der Waals surface area (Å²) in [5, 5.41) is 22.2. The van der Waals surface area contributed by atoms with E-state index in [1.807, 2.05) is 0 Å². The number of rotatable bonds is 6. The van der Waals surface area contributed by atoms with E-state index in [-0.39, 0.29) is 29.1 Å². The van der Waals surface area contributed by atoms with Gasteiger partial charge < -0.3 is 25.4 Å². The number of aromatic nitrogens is 4. The Morgan fingerprint density at radius 3 is 2.54 bits per heavy atom. The lowest BCUT2D eigenvalue weighted by Crippen LogP contribution is -2.34. The molecule has 0 bridgehead atoms. The Hall–Kier alpha value is -4.26. The Labute approximate surface area is 196 Å². The summed E-state index contributed by atoms with van der Waals surface area (Å²) >= 11 is 0. The summed E-state index contributed by atoms with van der Waals surface area (Å²) in [6.45, 7) is -0.334. The van der Waals surface area contributed by atoms with Crippen LogP contribution in [0.5, 0.6) is 0 Å². The third kappa shape index (κ3) is 3.89. The van der Waals surface area contributed by atoms with Crippen LogP contribution in [-0.4, -0.2) is 73.2 Å². The predicted octanol–water partition coefficient (Wildman–Crippen LogP) is 0.663. The van der Waals surface area contributed by atoms with Crippen LogP contribution >= 0.6 is 0 Å². The number of aliphatic hydroxyl groups is 2. The molecule has 4 N–H and O–H groups in total. The normalized spacial score (nSPS) is 21.9. The van der Waals surface area contributed by atoms with Gasteiger partial charge in [-0.2, -0.15) is 0 Å². The zero-order chi connectivity index (χ0) is 24.7. The summed E-state index contributed by atoms with van der Waals surface area (Å²) in [6.07, 6.45) is -0.986. The van der Waals surface area contributed by atoms with Gasteiger partial charge in [0.1, 0.15) is 36.8 Å². The van der Waals surface area contributed by atoms with E-state index in [0.717, 1.165) is 0 Å². The second kappa shape index (κ2) is 8.83. The number of aldehydes is 2. The van der Waals surface area contributed by atoms with E-state index < -0.39 is 30.5 Å². The number of esters is 1. The molecule has 3 heterocycles. The minimum Gasteiger partial charge on any atom is -0.459 e. The zero-order valence-electron chi connectivity index (χ0n) is 18.0. The second-order valence-electron chi connectivity index (χ2n) is 8.01. The summed E-state index contributed by atoms with van der Waals surface area (Å²) in [4.78, 5) is 47.1. The van der Waals surface area contributed by atoms with Crippen LogP contribution in [-0.2, 0) is 9.47 Å². The maximum absolute atomic E-state index is 12.6. The highest BCUT2D eigenvalue weighted by Gasteiger charge is 2.45. The number of carbonyl (C=O) groups is 3. The molecule has 5 rings (SSSR count). The van der Waals surface area contributed by atoms with Crippen LogP contribution in [0.4, 0.5) is 5.82 Å². The number of hydrogen-bond donors (Lipinski definition) is 3. The van der Waals surface area contributed by atoms with Gasteiger partial charge >= 0.3 is 5.97 Å². The highest BCUT2D eigenvalue weighted by molar-refractivity contribution is 6.01. The molecule has 12 nitrogen and oxygen atoms in total. The minimum absolute atomic E-state index is 0.158. The van der Waals surface area contributed by atoms with Crippen molar-refractivity contribution in [2.45, 2.75) is 24.5 Å². The zero-order valence-corrected chi connectivity index (χ0v) is 18.0. The average Bonchev–Trinajstić information content (AvgIpc) is 3.43. The monoisotopic (exact) mass is 477 g/mol. The number of carbonyl (C=O) groups excluding carboxylic acids is 3. The van der Waals surface area contributed by atoms with E-state index in [4.69, 9.17) is 15.2 Å².